The fourth-order valence-corrected chi connectivity index (χ4v) is 9.05. The van der Waals surface area contributed by atoms with Gasteiger partial charge in [0, 0.05) is 17.8 Å². The fraction of sp³-hybridized carbons (Fsp3) is 0.957. The van der Waals surface area contributed by atoms with Crippen LogP contribution in [0.25, 0.3) is 0 Å². The van der Waals surface area contributed by atoms with Crippen LogP contribution in [-0.2, 0) is 9.53 Å². The van der Waals surface area contributed by atoms with Gasteiger partial charge in [0.25, 0.3) is 0 Å². The van der Waals surface area contributed by atoms with Crippen molar-refractivity contribution in [2.75, 3.05) is 0 Å². The molecular weight excluding hydrogens is 340 g/mol. The zero-order valence-electron chi connectivity index (χ0n) is 17.1. The molecule has 10 unspecified atom stereocenters. The molecule has 1 aliphatic heterocycles. The van der Waals surface area contributed by atoms with Crippen molar-refractivity contribution in [2.45, 2.75) is 102 Å². The number of hydrogen-bond acceptors (Lipinski definition) is 4. The SMILES string of the molecule is CC1OC23CCC(C1C=O)C2(C)CCC1C3CCC2(O)CC(O)CCC12C. The second-order valence-corrected chi connectivity index (χ2v) is 11.1. The number of carbonyl (C=O) groups excluding carboxylic acids is 1. The highest BCUT2D eigenvalue weighted by Crippen LogP contribution is 2.73. The van der Waals surface area contributed by atoms with Crippen molar-refractivity contribution in [1.29, 1.82) is 0 Å². The van der Waals surface area contributed by atoms with Gasteiger partial charge in [0.15, 0.2) is 0 Å². The van der Waals surface area contributed by atoms with E-state index in [1.165, 1.54) is 0 Å². The van der Waals surface area contributed by atoms with E-state index in [-0.39, 0.29) is 34.6 Å². The number of rotatable bonds is 1. The largest absolute Gasteiger partial charge is 0.393 e. The second-order valence-electron chi connectivity index (χ2n) is 11.1. The molecule has 5 rings (SSSR count). The minimum absolute atomic E-state index is 0.00335. The van der Waals surface area contributed by atoms with E-state index in [4.69, 9.17) is 4.74 Å². The molecule has 1 heterocycles. The van der Waals surface area contributed by atoms with Gasteiger partial charge in [-0.15, -0.1) is 0 Å². The molecule has 10 atom stereocenters. The lowest BCUT2D eigenvalue weighted by Crippen LogP contribution is -2.70. The average molecular weight is 377 g/mol. The predicted octanol–water partition coefficient (Wildman–Crippen LogP) is 3.48. The summed E-state index contributed by atoms with van der Waals surface area (Å²) in [5, 5.41) is 21.8. The summed E-state index contributed by atoms with van der Waals surface area (Å²) in [4.78, 5) is 11.8. The Morgan fingerprint density at radius 2 is 1.59 bits per heavy atom. The second kappa shape index (κ2) is 5.58. The van der Waals surface area contributed by atoms with Crippen molar-refractivity contribution in [3.8, 4) is 0 Å². The average Bonchev–Trinajstić information content (AvgIpc) is 2.80. The summed E-state index contributed by atoms with van der Waals surface area (Å²) >= 11 is 0. The summed E-state index contributed by atoms with van der Waals surface area (Å²) in [5.74, 6) is 1.40. The standard InChI is InChI=1S/C23H36O4/c1-14-16(13-24)17-7-11-23(27-14)19-6-10-22(26)12-15(25)4-8-20(22,2)18(19)5-9-21(17,23)3/h13-19,25-26H,4-12H2,1-3H3. The summed E-state index contributed by atoms with van der Waals surface area (Å²) in [5.41, 5.74) is -0.899. The van der Waals surface area contributed by atoms with E-state index in [0.29, 0.717) is 24.2 Å². The molecule has 152 valence electrons. The van der Waals surface area contributed by atoms with Crippen molar-refractivity contribution < 1.29 is 19.7 Å². The third-order valence-electron chi connectivity index (χ3n) is 10.6. The van der Waals surface area contributed by atoms with Crippen LogP contribution in [0.3, 0.4) is 0 Å². The van der Waals surface area contributed by atoms with Crippen LogP contribution in [0.5, 0.6) is 0 Å². The first-order chi connectivity index (χ1) is 12.7. The van der Waals surface area contributed by atoms with Gasteiger partial charge in [-0.1, -0.05) is 13.8 Å². The lowest BCUT2D eigenvalue weighted by molar-refractivity contribution is -0.300. The molecule has 0 spiro atoms. The van der Waals surface area contributed by atoms with Gasteiger partial charge in [0.1, 0.15) is 6.29 Å². The Balaban J connectivity index is 1.55. The molecule has 0 aromatic heterocycles. The molecule has 0 aromatic rings. The molecule has 4 heteroatoms. The highest BCUT2D eigenvalue weighted by Gasteiger charge is 2.73. The number of carbonyl (C=O) groups is 1. The van der Waals surface area contributed by atoms with Crippen LogP contribution < -0.4 is 0 Å². The van der Waals surface area contributed by atoms with E-state index in [0.717, 1.165) is 57.7 Å². The van der Waals surface area contributed by atoms with Crippen LogP contribution in [0.2, 0.25) is 0 Å². The maximum absolute atomic E-state index is 11.8. The molecule has 2 bridgehead atoms. The Kier molecular flexibility index (Phi) is 3.84. The van der Waals surface area contributed by atoms with Crippen LogP contribution in [0.15, 0.2) is 0 Å². The van der Waals surface area contributed by atoms with Gasteiger partial charge in [-0.3, -0.25) is 0 Å². The molecule has 0 radical (unpaired) electrons. The van der Waals surface area contributed by atoms with Crippen molar-refractivity contribution in [3.63, 3.8) is 0 Å². The number of hydrogen-bond donors (Lipinski definition) is 2. The van der Waals surface area contributed by atoms with Gasteiger partial charge in [0.05, 0.1) is 23.4 Å². The number of aliphatic hydroxyl groups excluding tert-OH is 1. The van der Waals surface area contributed by atoms with Crippen LogP contribution in [0.1, 0.15) is 78.6 Å². The lowest BCUT2D eigenvalue weighted by Gasteiger charge is -2.68. The normalized spacial score (nSPS) is 62.3. The lowest BCUT2D eigenvalue weighted by atomic mass is 9.41. The van der Waals surface area contributed by atoms with E-state index in [2.05, 4.69) is 20.8 Å². The topological polar surface area (TPSA) is 66.8 Å². The molecular formula is C23H36O4. The van der Waals surface area contributed by atoms with Gasteiger partial charge in [-0.05, 0) is 81.5 Å². The molecule has 4 nitrogen and oxygen atoms in total. The van der Waals surface area contributed by atoms with Crippen LogP contribution in [0.4, 0.5) is 0 Å². The Hall–Kier alpha value is -0.450. The molecule has 1 saturated heterocycles. The predicted molar refractivity (Wildman–Crippen MR) is 102 cm³/mol. The highest BCUT2D eigenvalue weighted by molar-refractivity contribution is 5.56. The van der Waals surface area contributed by atoms with Crippen LogP contribution in [0, 0.1) is 34.5 Å². The van der Waals surface area contributed by atoms with Crippen LogP contribution in [-0.4, -0.2) is 39.9 Å². The Morgan fingerprint density at radius 3 is 2.33 bits per heavy atom. The number of fused-ring (bicyclic) bond motifs is 3. The van der Waals surface area contributed by atoms with Crippen molar-refractivity contribution in [1.82, 2.24) is 0 Å². The van der Waals surface area contributed by atoms with Gasteiger partial charge in [-0.25, -0.2) is 0 Å². The Morgan fingerprint density at radius 1 is 0.926 bits per heavy atom. The van der Waals surface area contributed by atoms with E-state index in [1.54, 1.807) is 0 Å². The van der Waals surface area contributed by atoms with E-state index < -0.39 is 5.60 Å². The monoisotopic (exact) mass is 376 g/mol. The maximum Gasteiger partial charge on any atom is 0.125 e. The number of ether oxygens (including phenoxy) is 1. The quantitative estimate of drug-likeness (QED) is 0.688. The summed E-state index contributed by atoms with van der Waals surface area (Å²) in [6.45, 7) is 6.79. The highest BCUT2D eigenvalue weighted by atomic mass is 16.5. The third kappa shape index (κ3) is 2.03. The van der Waals surface area contributed by atoms with Gasteiger partial charge in [0.2, 0.25) is 0 Å². The number of aliphatic hydroxyl groups is 2. The zero-order chi connectivity index (χ0) is 19.2. The summed E-state index contributed by atoms with van der Waals surface area (Å²) in [6, 6.07) is 0. The van der Waals surface area contributed by atoms with Gasteiger partial charge >= 0.3 is 0 Å². The molecule has 4 aliphatic carbocycles. The van der Waals surface area contributed by atoms with E-state index in [9.17, 15) is 15.0 Å². The van der Waals surface area contributed by atoms with Gasteiger partial charge in [-0.2, -0.15) is 0 Å². The summed E-state index contributed by atoms with van der Waals surface area (Å²) < 4.78 is 6.86. The van der Waals surface area contributed by atoms with Crippen molar-refractivity contribution in [3.05, 3.63) is 0 Å². The first kappa shape index (κ1) is 18.6. The fourth-order valence-electron chi connectivity index (χ4n) is 9.05. The first-order valence-electron chi connectivity index (χ1n) is 11.2. The smallest absolute Gasteiger partial charge is 0.125 e. The third-order valence-corrected chi connectivity index (χ3v) is 10.6. The maximum atomic E-state index is 11.8. The Labute approximate surface area is 163 Å². The summed E-state index contributed by atoms with van der Waals surface area (Å²) in [6.07, 6.45) is 9.22. The number of aldehydes is 1. The minimum Gasteiger partial charge on any atom is -0.393 e. The molecule has 0 amide bonds. The van der Waals surface area contributed by atoms with E-state index in [1.807, 2.05) is 0 Å². The van der Waals surface area contributed by atoms with Crippen LogP contribution >= 0.6 is 0 Å². The van der Waals surface area contributed by atoms with E-state index >= 15 is 0 Å². The first-order valence-corrected chi connectivity index (χ1v) is 11.2. The molecule has 2 N–H and O–H groups in total. The molecule has 4 saturated carbocycles. The Bertz CT molecular complexity index is 650. The molecule has 0 aromatic carbocycles. The minimum atomic E-state index is -0.736. The zero-order valence-corrected chi connectivity index (χ0v) is 17.1. The summed E-state index contributed by atoms with van der Waals surface area (Å²) in [7, 11) is 0. The van der Waals surface area contributed by atoms with Crippen molar-refractivity contribution >= 4 is 6.29 Å². The molecule has 27 heavy (non-hydrogen) atoms. The van der Waals surface area contributed by atoms with Gasteiger partial charge < -0.3 is 19.7 Å². The van der Waals surface area contributed by atoms with Crippen molar-refractivity contribution in [2.24, 2.45) is 34.5 Å². The molecule has 5 fully saturated rings. The molecule has 5 aliphatic rings.